The van der Waals surface area contributed by atoms with E-state index in [-0.39, 0.29) is 18.1 Å². The van der Waals surface area contributed by atoms with Gasteiger partial charge in [0.1, 0.15) is 17.4 Å². The highest BCUT2D eigenvalue weighted by molar-refractivity contribution is 6.28. The molecule has 0 aliphatic carbocycles. The highest BCUT2D eigenvalue weighted by atomic mass is 35.5. The van der Waals surface area contributed by atoms with E-state index in [1.54, 1.807) is 6.33 Å². The van der Waals surface area contributed by atoms with Crippen LogP contribution in [0.2, 0.25) is 5.28 Å². The van der Waals surface area contributed by atoms with E-state index in [1.165, 1.54) is 0 Å². The summed E-state index contributed by atoms with van der Waals surface area (Å²) in [6.07, 6.45) is 7.10. The number of imidazole rings is 1. The number of fused-ring (bicyclic) bond motifs is 1. The Balaban J connectivity index is 1.46. The van der Waals surface area contributed by atoms with Crippen LogP contribution >= 0.6 is 11.6 Å². The number of aliphatic hydroxyl groups excluding tert-OH is 1. The Morgan fingerprint density at radius 2 is 1.97 bits per heavy atom. The number of anilines is 1. The number of piperidine rings is 1. The number of rotatable bonds is 4. The maximum Gasteiger partial charge on any atom is 0.225 e. The summed E-state index contributed by atoms with van der Waals surface area (Å²) in [6, 6.07) is 8.34. The van der Waals surface area contributed by atoms with Crippen molar-refractivity contribution in [2.45, 2.75) is 38.3 Å². The van der Waals surface area contributed by atoms with Crippen molar-refractivity contribution in [3.05, 3.63) is 35.9 Å². The smallest absolute Gasteiger partial charge is 0.225 e. The zero-order valence-electron chi connectivity index (χ0n) is 16.9. The summed E-state index contributed by atoms with van der Waals surface area (Å²) < 4.78 is 7.89. The van der Waals surface area contributed by atoms with E-state index in [4.69, 9.17) is 16.3 Å². The molecule has 0 bridgehead atoms. The quantitative estimate of drug-likeness (QED) is 0.633. The van der Waals surface area contributed by atoms with Gasteiger partial charge in [-0.25, -0.2) is 9.97 Å². The van der Waals surface area contributed by atoms with Crippen molar-refractivity contribution in [3.8, 4) is 11.3 Å². The fourth-order valence-corrected chi connectivity index (χ4v) is 4.69. The van der Waals surface area contributed by atoms with Gasteiger partial charge in [-0.2, -0.15) is 4.98 Å². The van der Waals surface area contributed by atoms with Crippen molar-refractivity contribution in [1.82, 2.24) is 19.5 Å². The van der Waals surface area contributed by atoms with Crippen LogP contribution in [0.3, 0.4) is 0 Å². The fraction of sp³-hybridized carbons (Fsp3) is 0.500. The monoisotopic (exact) mass is 427 g/mol. The van der Waals surface area contributed by atoms with Crippen LogP contribution in [0.25, 0.3) is 22.4 Å². The molecule has 2 unspecified atom stereocenters. The first kappa shape index (κ1) is 19.7. The van der Waals surface area contributed by atoms with Crippen LogP contribution in [0, 0.1) is 5.92 Å². The van der Waals surface area contributed by atoms with E-state index in [2.05, 4.69) is 44.1 Å². The number of halogens is 1. The van der Waals surface area contributed by atoms with Gasteiger partial charge >= 0.3 is 0 Å². The van der Waals surface area contributed by atoms with E-state index < -0.39 is 0 Å². The van der Waals surface area contributed by atoms with E-state index >= 15 is 0 Å². The molecule has 5 rings (SSSR count). The van der Waals surface area contributed by atoms with Crippen molar-refractivity contribution >= 4 is 28.5 Å². The third-order valence-electron chi connectivity index (χ3n) is 6.14. The van der Waals surface area contributed by atoms with Crippen molar-refractivity contribution < 1.29 is 9.84 Å². The van der Waals surface area contributed by atoms with Crippen LogP contribution in [0.15, 0.2) is 30.6 Å². The first-order chi connectivity index (χ1) is 14.7. The van der Waals surface area contributed by atoms with E-state index in [0.717, 1.165) is 74.3 Å². The lowest BCUT2D eigenvalue weighted by molar-refractivity contribution is -0.0298. The molecule has 2 atom stereocenters. The molecular formula is C22H26ClN5O2. The molecule has 0 spiro atoms. The number of benzene rings is 1. The fourth-order valence-electron chi connectivity index (χ4n) is 4.52. The van der Waals surface area contributed by atoms with E-state index in [1.807, 2.05) is 4.57 Å². The minimum Gasteiger partial charge on any atom is -0.396 e. The number of nitrogens with zero attached hydrogens (tertiary/aromatic N) is 5. The van der Waals surface area contributed by atoms with Gasteiger partial charge in [-0.05, 0) is 61.8 Å². The second kappa shape index (κ2) is 8.49. The molecule has 0 radical (unpaired) electrons. The van der Waals surface area contributed by atoms with Gasteiger partial charge in [-0.15, -0.1) is 0 Å². The molecule has 0 amide bonds. The van der Waals surface area contributed by atoms with E-state index in [0.29, 0.717) is 11.6 Å². The molecule has 2 aliphatic heterocycles. The van der Waals surface area contributed by atoms with E-state index in [9.17, 15) is 5.11 Å². The second-order valence-corrected chi connectivity index (χ2v) is 8.51. The number of hydrogen-bond acceptors (Lipinski definition) is 6. The number of aliphatic hydroxyl groups is 1. The molecule has 2 aromatic heterocycles. The lowest BCUT2D eigenvalue weighted by atomic mass is 9.98. The highest BCUT2D eigenvalue weighted by Gasteiger charge is 2.22. The Hall–Kier alpha value is -2.22. The SMILES string of the molecule is OCC1CCCN(c2ccc(-c3nc(Cl)nc4c3ncn4C3CCCCO3)cc2)C1. The standard InChI is InChI=1S/C22H26ClN5O2/c23-22-25-19(20-21(26-22)28(14-24-20)18-5-1-2-11-30-18)16-6-8-17(9-7-16)27-10-3-4-15(12-27)13-29/h6-9,14-15,18,29H,1-5,10-13H2. The van der Waals surface area contributed by atoms with Gasteiger partial charge in [0.25, 0.3) is 0 Å². The van der Waals surface area contributed by atoms with Gasteiger partial charge in [0.2, 0.25) is 5.28 Å². The van der Waals surface area contributed by atoms with Crippen molar-refractivity contribution in [2.24, 2.45) is 5.92 Å². The molecule has 0 saturated carbocycles. The summed E-state index contributed by atoms with van der Waals surface area (Å²) in [5.74, 6) is 0.352. The Bertz CT molecular complexity index is 1020. The molecule has 1 N–H and O–H groups in total. The molecule has 3 aromatic rings. The van der Waals surface area contributed by atoms with Crippen LogP contribution in [0.5, 0.6) is 0 Å². The summed E-state index contributed by atoms with van der Waals surface area (Å²) in [4.78, 5) is 15.9. The summed E-state index contributed by atoms with van der Waals surface area (Å²) in [5.41, 5.74) is 4.30. The van der Waals surface area contributed by atoms with Gasteiger partial charge in [-0.3, -0.25) is 4.57 Å². The summed E-state index contributed by atoms with van der Waals surface area (Å²) in [6.45, 7) is 2.92. The molecule has 4 heterocycles. The zero-order chi connectivity index (χ0) is 20.5. The third-order valence-corrected chi connectivity index (χ3v) is 6.31. The largest absolute Gasteiger partial charge is 0.396 e. The van der Waals surface area contributed by atoms with Crippen LogP contribution in [0.1, 0.15) is 38.3 Å². The molecule has 30 heavy (non-hydrogen) atoms. The predicted molar refractivity (Wildman–Crippen MR) is 117 cm³/mol. The predicted octanol–water partition coefficient (Wildman–Crippen LogP) is 4.05. The summed E-state index contributed by atoms with van der Waals surface area (Å²) >= 11 is 6.29. The molecule has 8 heteroatoms. The molecule has 2 saturated heterocycles. The van der Waals surface area contributed by atoms with Crippen LogP contribution in [-0.4, -0.2) is 50.9 Å². The Morgan fingerprint density at radius 1 is 1.10 bits per heavy atom. The first-order valence-electron chi connectivity index (χ1n) is 10.7. The highest BCUT2D eigenvalue weighted by Crippen LogP contribution is 2.32. The molecule has 2 aliphatic rings. The topological polar surface area (TPSA) is 76.3 Å². The molecule has 1 aromatic carbocycles. The van der Waals surface area contributed by atoms with Crippen molar-refractivity contribution in [3.63, 3.8) is 0 Å². The van der Waals surface area contributed by atoms with Crippen LogP contribution in [0.4, 0.5) is 5.69 Å². The molecular weight excluding hydrogens is 402 g/mol. The Kier molecular flexibility index (Phi) is 5.58. The van der Waals surface area contributed by atoms with Gasteiger partial charge in [0.05, 0.1) is 6.33 Å². The van der Waals surface area contributed by atoms with Gasteiger partial charge in [0.15, 0.2) is 5.65 Å². The molecule has 7 nitrogen and oxygen atoms in total. The minimum absolute atomic E-state index is 0.0523. The zero-order valence-corrected chi connectivity index (χ0v) is 17.6. The lowest BCUT2D eigenvalue weighted by Gasteiger charge is -2.33. The van der Waals surface area contributed by atoms with Gasteiger partial charge in [0, 0.05) is 37.6 Å². The van der Waals surface area contributed by atoms with Crippen molar-refractivity contribution in [2.75, 3.05) is 31.2 Å². The van der Waals surface area contributed by atoms with Gasteiger partial charge in [-0.1, -0.05) is 12.1 Å². The number of hydrogen-bond donors (Lipinski definition) is 1. The maximum atomic E-state index is 9.50. The Labute approximate surface area is 180 Å². The van der Waals surface area contributed by atoms with Crippen LogP contribution < -0.4 is 4.90 Å². The maximum absolute atomic E-state index is 9.50. The lowest BCUT2D eigenvalue weighted by Crippen LogP contribution is -2.36. The van der Waals surface area contributed by atoms with Crippen LogP contribution in [-0.2, 0) is 4.74 Å². The normalized spacial score (nSPS) is 22.5. The second-order valence-electron chi connectivity index (χ2n) is 8.17. The molecule has 2 fully saturated rings. The average Bonchev–Trinajstić information content (AvgIpc) is 3.23. The Morgan fingerprint density at radius 3 is 2.73 bits per heavy atom. The van der Waals surface area contributed by atoms with Crippen molar-refractivity contribution in [1.29, 1.82) is 0 Å². The molecule has 158 valence electrons. The number of ether oxygens (including phenoxy) is 1. The first-order valence-corrected chi connectivity index (χ1v) is 11.1. The third kappa shape index (κ3) is 3.77. The number of aromatic nitrogens is 4. The minimum atomic E-state index is -0.0523. The average molecular weight is 428 g/mol. The summed E-state index contributed by atoms with van der Waals surface area (Å²) in [7, 11) is 0. The van der Waals surface area contributed by atoms with Gasteiger partial charge < -0.3 is 14.7 Å². The summed E-state index contributed by atoms with van der Waals surface area (Å²) in [5, 5.41) is 9.71.